The van der Waals surface area contributed by atoms with Gasteiger partial charge in [-0.15, -0.1) is 0 Å². The molecule has 0 saturated heterocycles. The first kappa shape index (κ1) is 14.0. The average Bonchev–Trinajstić information content (AvgIpc) is 2.40. The molecule has 1 aromatic rings. The number of allylic oxidation sites excluding steroid dienone is 1. The van der Waals surface area contributed by atoms with Crippen LogP contribution in [0.15, 0.2) is 54.0 Å². The predicted molar refractivity (Wildman–Crippen MR) is 70.7 cm³/mol. The molecule has 0 amide bonds. The minimum absolute atomic E-state index is 0.00219. The fourth-order valence-corrected chi connectivity index (χ4v) is 1.36. The van der Waals surface area contributed by atoms with Crippen LogP contribution in [0.1, 0.15) is 12.5 Å². The molecule has 0 saturated carbocycles. The van der Waals surface area contributed by atoms with E-state index < -0.39 is 0 Å². The monoisotopic (exact) mass is 244 g/mol. The highest BCUT2D eigenvalue weighted by molar-refractivity contribution is 6.09. The number of benzene rings is 1. The molecular formula is C15H16O3. The van der Waals surface area contributed by atoms with Gasteiger partial charge in [-0.1, -0.05) is 42.6 Å². The van der Waals surface area contributed by atoms with Crippen LogP contribution in [0.4, 0.5) is 0 Å². The lowest BCUT2D eigenvalue weighted by Gasteiger charge is -2.06. The Morgan fingerprint density at radius 1 is 1.39 bits per heavy atom. The van der Waals surface area contributed by atoms with E-state index in [1.165, 1.54) is 7.11 Å². The second kappa shape index (κ2) is 7.28. The highest BCUT2D eigenvalue weighted by Crippen LogP contribution is 2.11. The van der Waals surface area contributed by atoms with E-state index in [1.807, 2.05) is 30.3 Å². The molecule has 1 aromatic carbocycles. The van der Waals surface area contributed by atoms with Crippen molar-refractivity contribution in [3.63, 3.8) is 0 Å². The number of Topliss-reactive ketones (excluding diaryl/α,β-unsaturated/α-hetero) is 1. The summed E-state index contributed by atoms with van der Waals surface area (Å²) in [6.07, 6.45) is 1.79. The number of ketones is 1. The molecule has 0 aromatic heterocycles. The summed E-state index contributed by atoms with van der Waals surface area (Å²) in [4.78, 5) is 12.0. The van der Waals surface area contributed by atoms with Crippen molar-refractivity contribution in [1.29, 1.82) is 0 Å². The van der Waals surface area contributed by atoms with Crippen molar-refractivity contribution in [3.8, 4) is 0 Å². The smallest absolute Gasteiger partial charge is 0.231 e. The molecule has 0 aliphatic carbocycles. The molecule has 0 heterocycles. The van der Waals surface area contributed by atoms with Crippen molar-refractivity contribution < 1.29 is 14.3 Å². The van der Waals surface area contributed by atoms with E-state index in [1.54, 1.807) is 13.0 Å². The van der Waals surface area contributed by atoms with Crippen molar-refractivity contribution in [2.24, 2.45) is 0 Å². The van der Waals surface area contributed by atoms with Gasteiger partial charge in [0.15, 0.2) is 6.79 Å². The lowest BCUT2D eigenvalue weighted by molar-refractivity contribution is -0.117. The fourth-order valence-electron chi connectivity index (χ4n) is 1.36. The summed E-state index contributed by atoms with van der Waals surface area (Å²) in [5, 5.41) is 0. The van der Waals surface area contributed by atoms with Crippen LogP contribution in [0, 0.1) is 0 Å². The summed E-state index contributed by atoms with van der Waals surface area (Å²) < 4.78 is 9.83. The van der Waals surface area contributed by atoms with Gasteiger partial charge in [-0.3, -0.25) is 4.79 Å². The summed E-state index contributed by atoms with van der Waals surface area (Å²) in [7, 11) is 1.48. The number of methoxy groups -OCH3 is 1. The van der Waals surface area contributed by atoms with E-state index in [4.69, 9.17) is 9.47 Å². The van der Waals surface area contributed by atoms with Crippen LogP contribution in [0.5, 0.6) is 0 Å². The standard InChI is InChI=1S/C15H16O3/c1-4-14(18-11-17-3)15(16)12(2)10-13-8-6-5-7-9-13/h5-10H,1,11H2,2-3H3/b12-10+. The van der Waals surface area contributed by atoms with Crippen LogP contribution in [0.25, 0.3) is 6.08 Å². The molecule has 3 nitrogen and oxygen atoms in total. The molecule has 0 bridgehead atoms. The van der Waals surface area contributed by atoms with Gasteiger partial charge in [0.25, 0.3) is 0 Å². The van der Waals surface area contributed by atoms with Crippen LogP contribution >= 0.6 is 0 Å². The minimum atomic E-state index is -0.245. The van der Waals surface area contributed by atoms with Gasteiger partial charge in [0.1, 0.15) is 0 Å². The van der Waals surface area contributed by atoms with Crippen molar-refractivity contribution in [2.45, 2.75) is 6.92 Å². The Morgan fingerprint density at radius 3 is 2.61 bits per heavy atom. The lowest BCUT2D eigenvalue weighted by Crippen LogP contribution is -2.08. The van der Waals surface area contributed by atoms with E-state index in [9.17, 15) is 4.79 Å². The zero-order valence-corrected chi connectivity index (χ0v) is 10.6. The molecule has 94 valence electrons. The maximum Gasteiger partial charge on any atom is 0.231 e. The van der Waals surface area contributed by atoms with Crippen molar-refractivity contribution in [2.75, 3.05) is 13.9 Å². The van der Waals surface area contributed by atoms with Crippen LogP contribution in [-0.4, -0.2) is 19.7 Å². The quantitative estimate of drug-likeness (QED) is 0.334. The fraction of sp³-hybridized carbons (Fsp3) is 0.200. The molecule has 0 aliphatic rings. The molecule has 0 radical (unpaired) electrons. The number of carbonyl (C=O) groups is 1. The van der Waals surface area contributed by atoms with E-state index in [2.05, 4.69) is 12.3 Å². The molecule has 0 unspecified atom stereocenters. The van der Waals surface area contributed by atoms with E-state index in [0.29, 0.717) is 5.57 Å². The molecule has 0 atom stereocenters. The highest BCUT2D eigenvalue weighted by Gasteiger charge is 2.12. The second-order valence-corrected chi connectivity index (χ2v) is 3.62. The lowest BCUT2D eigenvalue weighted by atomic mass is 10.1. The second-order valence-electron chi connectivity index (χ2n) is 3.62. The van der Waals surface area contributed by atoms with Crippen LogP contribution in [0.2, 0.25) is 0 Å². The van der Waals surface area contributed by atoms with Gasteiger partial charge >= 0.3 is 0 Å². The van der Waals surface area contributed by atoms with Crippen molar-refractivity contribution in [3.05, 3.63) is 59.5 Å². The Bertz CT molecular complexity index is 480. The predicted octanol–water partition coefficient (Wildman–Crippen LogP) is 2.95. The third-order valence-electron chi connectivity index (χ3n) is 2.23. The molecule has 3 heteroatoms. The average molecular weight is 244 g/mol. The van der Waals surface area contributed by atoms with Crippen LogP contribution in [-0.2, 0) is 14.3 Å². The first-order chi connectivity index (χ1) is 8.69. The summed E-state index contributed by atoms with van der Waals surface area (Å²) in [5.74, 6) is -0.174. The Kier molecular flexibility index (Phi) is 5.65. The number of carbonyl (C=O) groups excluding carboxylic acids is 1. The highest BCUT2D eigenvalue weighted by atomic mass is 16.7. The number of ether oxygens (including phenoxy) is 2. The van der Waals surface area contributed by atoms with E-state index >= 15 is 0 Å². The molecule has 0 fully saturated rings. The van der Waals surface area contributed by atoms with Gasteiger partial charge < -0.3 is 9.47 Å². The summed E-state index contributed by atoms with van der Waals surface area (Å²) in [5.41, 5.74) is 3.99. The first-order valence-corrected chi connectivity index (χ1v) is 5.49. The molecule has 18 heavy (non-hydrogen) atoms. The molecule has 0 N–H and O–H groups in total. The topological polar surface area (TPSA) is 35.5 Å². The maximum absolute atomic E-state index is 12.0. The largest absolute Gasteiger partial charge is 0.456 e. The third kappa shape index (κ3) is 4.06. The van der Waals surface area contributed by atoms with Crippen molar-refractivity contribution in [1.82, 2.24) is 0 Å². The summed E-state index contributed by atoms with van der Waals surface area (Å²) in [6, 6.07) is 9.59. The van der Waals surface area contributed by atoms with Crippen molar-refractivity contribution >= 4 is 11.9 Å². The Hall–Kier alpha value is -2.09. The summed E-state index contributed by atoms with van der Waals surface area (Å²) >= 11 is 0. The molecule has 1 rings (SSSR count). The Balaban J connectivity index is 2.83. The van der Waals surface area contributed by atoms with Gasteiger partial charge in [0.05, 0.1) is 0 Å². The zero-order chi connectivity index (χ0) is 13.4. The molecular weight excluding hydrogens is 228 g/mol. The van der Waals surface area contributed by atoms with Gasteiger partial charge in [0, 0.05) is 12.7 Å². The van der Waals surface area contributed by atoms with Crippen LogP contribution < -0.4 is 0 Å². The Morgan fingerprint density at radius 2 is 2.06 bits per heavy atom. The maximum atomic E-state index is 12.0. The van der Waals surface area contributed by atoms with E-state index in [0.717, 1.165) is 5.56 Å². The molecule has 0 aliphatic heterocycles. The number of hydrogen-bond donors (Lipinski definition) is 0. The zero-order valence-electron chi connectivity index (χ0n) is 10.6. The van der Waals surface area contributed by atoms with Crippen LogP contribution in [0.3, 0.4) is 0 Å². The first-order valence-electron chi connectivity index (χ1n) is 5.49. The number of rotatable bonds is 6. The minimum Gasteiger partial charge on any atom is -0.456 e. The van der Waals surface area contributed by atoms with E-state index in [-0.39, 0.29) is 18.3 Å². The number of hydrogen-bond acceptors (Lipinski definition) is 3. The normalized spacial score (nSPS) is 10.7. The van der Waals surface area contributed by atoms with Gasteiger partial charge in [-0.25, -0.2) is 0 Å². The SMILES string of the molecule is C=C=C(OCOC)C(=O)/C(C)=C/c1ccccc1. The van der Waals surface area contributed by atoms with Gasteiger partial charge in [-0.05, 0) is 18.6 Å². The Labute approximate surface area is 107 Å². The summed E-state index contributed by atoms with van der Waals surface area (Å²) in [6.45, 7) is 5.16. The van der Waals surface area contributed by atoms with Gasteiger partial charge in [0.2, 0.25) is 11.5 Å². The van der Waals surface area contributed by atoms with Gasteiger partial charge in [-0.2, -0.15) is 0 Å². The molecule has 0 spiro atoms. The third-order valence-corrected chi connectivity index (χ3v) is 2.23.